The first kappa shape index (κ1) is 20.7. The Balaban J connectivity index is 1.08. The van der Waals surface area contributed by atoms with Crippen LogP contribution in [0.15, 0.2) is 83.3 Å². The summed E-state index contributed by atoms with van der Waals surface area (Å²) in [5.41, 5.74) is 4.57. The first-order valence-corrected chi connectivity index (χ1v) is 12.1. The van der Waals surface area contributed by atoms with Crippen LogP contribution in [0.4, 0.5) is 0 Å². The Hall–Kier alpha value is -3.84. The van der Waals surface area contributed by atoms with Gasteiger partial charge in [-0.15, -0.1) is 21.5 Å². The number of thiazole rings is 1. The second-order valence-electron chi connectivity index (χ2n) is 8.53. The van der Waals surface area contributed by atoms with Crippen LogP contribution in [0.1, 0.15) is 34.7 Å². The second-order valence-corrected chi connectivity index (χ2v) is 9.64. The third-order valence-corrected chi connectivity index (χ3v) is 7.05. The van der Waals surface area contributed by atoms with E-state index in [0.29, 0.717) is 24.1 Å². The number of nitrogens with one attached hydrogen (secondary N) is 1. The molecule has 1 N–H and O–H groups in total. The molecule has 168 valence electrons. The van der Waals surface area contributed by atoms with Crippen molar-refractivity contribution in [2.45, 2.75) is 31.2 Å². The average Bonchev–Trinajstić information content (AvgIpc) is 3.29. The van der Waals surface area contributed by atoms with E-state index in [9.17, 15) is 4.79 Å². The number of carbonyl (C=O) groups is 1. The van der Waals surface area contributed by atoms with E-state index in [1.165, 1.54) is 16.7 Å². The van der Waals surface area contributed by atoms with Gasteiger partial charge in [0.25, 0.3) is 0 Å². The molecule has 1 aliphatic carbocycles. The fourth-order valence-electron chi connectivity index (χ4n) is 4.24. The van der Waals surface area contributed by atoms with E-state index in [4.69, 9.17) is 9.40 Å². The molecule has 2 aromatic heterocycles. The third kappa shape index (κ3) is 4.47. The van der Waals surface area contributed by atoms with Crippen LogP contribution < -0.4 is 5.32 Å². The van der Waals surface area contributed by atoms with E-state index in [1.807, 2.05) is 42.5 Å². The molecule has 0 spiro atoms. The minimum atomic E-state index is -0.0907. The largest absolute Gasteiger partial charge is 0.424 e. The first-order chi connectivity index (χ1) is 16.7. The van der Waals surface area contributed by atoms with Crippen LogP contribution in [0.5, 0.6) is 0 Å². The lowest BCUT2D eigenvalue weighted by Gasteiger charge is -2.03. The van der Waals surface area contributed by atoms with Crippen LogP contribution in [-0.2, 0) is 17.6 Å². The Morgan fingerprint density at radius 3 is 2.53 bits per heavy atom. The molecule has 5 aromatic rings. The zero-order valence-electron chi connectivity index (χ0n) is 18.3. The Bertz CT molecular complexity index is 1450. The monoisotopic (exact) mass is 466 g/mol. The van der Waals surface area contributed by atoms with Gasteiger partial charge in [0.05, 0.1) is 16.6 Å². The molecule has 0 radical (unpaired) electrons. The molecule has 6 rings (SSSR count). The van der Waals surface area contributed by atoms with Crippen LogP contribution in [0.3, 0.4) is 0 Å². The fourth-order valence-corrected chi connectivity index (χ4v) is 5.23. The summed E-state index contributed by atoms with van der Waals surface area (Å²) in [6.07, 6.45) is 1.51. The van der Waals surface area contributed by atoms with Crippen molar-refractivity contribution in [2.24, 2.45) is 0 Å². The summed E-state index contributed by atoms with van der Waals surface area (Å²) >= 11 is 1.62. The molecule has 6 nitrogen and oxygen atoms in total. The molecule has 1 saturated carbocycles. The number of rotatable bonds is 7. The van der Waals surface area contributed by atoms with E-state index in [0.717, 1.165) is 21.6 Å². The van der Waals surface area contributed by atoms with Gasteiger partial charge in [0, 0.05) is 12.0 Å². The van der Waals surface area contributed by atoms with Crippen molar-refractivity contribution < 1.29 is 9.21 Å². The van der Waals surface area contributed by atoms with Gasteiger partial charge in [-0.2, -0.15) is 0 Å². The summed E-state index contributed by atoms with van der Waals surface area (Å²) in [6, 6.07) is 27.0. The Kier molecular flexibility index (Phi) is 5.39. The number of nitrogens with zero attached hydrogens (tertiary/aromatic N) is 3. The lowest BCUT2D eigenvalue weighted by atomic mass is 10.1. The zero-order valence-corrected chi connectivity index (χ0v) is 19.2. The average molecular weight is 467 g/mol. The smallest absolute Gasteiger partial charge is 0.229 e. The summed E-state index contributed by atoms with van der Waals surface area (Å²) < 4.78 is 6.86. The van der Waals surface area contributed by atoms with Crippen molar-refractivity contribution in [1.29, 1.82) is 0 Å². The predicted molar refractivity (Wildman–Crippen MR) is 132 cm³/mol. The SMILES string of the molecule is O=C(Cc1nnc(Cc2nc3ccc(-c4ccccc4)cc3s2)o1)N[C@H]1C[C@@H]1c1ccccc1. The van der Waals surface area contributed by atoms with Crippen LogP contribution in [0.2, 0.25) is 0 Å². The molecule has 2 atom stereocenters. The minimum Gasteiger partial charge on any atom is -0.424 e. The number of hydrogen-bond acceptors (Lipinski definition) is 6. The van der Waals surface area contributed by atoms with Crippen molar-refractivity contribution in [3.63, 3.8) is 0 Å². The molecule has 0 saturated heterocycles. The molecular weight excluding hydrogens is 444 g/mol. The molecule has 1 aliphatic rings. The molecule has 2 heterocycles. The third-order valence-electron chi connectivity index (χ3n) is 6.03. The highest BCUT2D eigenvalue weighted by atomic mass is 32.1. The highest BCUT2D eigenvalue weighted by Crippen LogP contribution is 2.40. The topological polar surface area (TPSA) is 80.9 Å². The van der Waals surface area contributed by atoms with E-state index in [-0.39, 0.29) is 18.4 Å². The van der Waals surface area contributed by atoms with Crippen molar-refractivity contribution in [3.05, 3.63) is 101 Å². The number of benzene rings is 3. The van der Waals surface area contributed by atoms with E-state index in [2.05, 4.69) is 51.9 Å². The molecule has 1 fully saturated rings. The highest BCUT2D eigenvalue weighted by molar-refractivity contribution is 7.18. The number of fused-ring (bicyclic) bond motifs is 1. The van der Waals surface area contributed by atoms with E-state index >= 15 is 0 Å². The van der Waals surface area contributed by atoms with Gasteiger partial charge in [-0.3, -0.25) is 4.79 Å². The molecular formula is C27H22N4O2S. The summed E-state index contributed by atoms with van der Waals surface area (Å²) in [5, 5.41) is 12.2. The highest BCUT2D eigenvalue weighted by Gasteiger charge is 2.39. The number of carbonyl (C=O) groups excluding carboxylic acids is 1. The Morgan fingerprint density at radius 1 is 0.941 bits per heavy atom. The summed E-state index contributed by atoms with van der Waals surface area (Å²) in [4.78, 5) is 17.1. The normalized spacial score (nSPS) is 17.1. The van der Waals surface area contributed by atoms with Crippen LogP contribution in [0, 0.1) is 0 Å². The van der Waals surface area contributed by atoms with Crippen molar-refractivity contribution >= 4 is 27.5 Å². The number of amides is 1. The van der Waals surface area contributed by atoms with Crippen LogP contribution >= 0.6 is 11.3 Å². The Morgan fingerprint density at radius 2 is 1.71 bits per heavy atom. The van der Waals surface area contributed by atoms with E-state index in [1.54, 1.807) is 11.3 Å². The fraction of sp³-hybridized carbons (Fsp3) is 0.185. The van der Waals surface area contributed by atoms with Gasteiger partial charge in [-0.1, -0.05) is 66.7 Å². The minimum absolute atomic E-state index is 0.0886. The van der Waals surface area contributed by atoms with Gasteiger partial charge in [0.2, 0.25) is 17.7 Å². The van der Waals surface area contributed by atoms with Crippen molar-refractivity contribution in [2.75, 3.05) is 0 Å². The maximum atomic E-state index is 12.4. The van der Waals surface area contributed by atoms with Crippen LogP contribution in [0.25, 0.3) is 21.3 Å². The van der Waals surface area contributed by atoms with Crippen molar-refractivity contribution in [3.8, 4) is 11.1 Å². The maximum absolute atomic E-state index is 12.4. The van der Waals surface area contributed by atoms with Crippen molar-refractivity contribution in [1.82, 2.24) is 20.5 Å². The lowest BCUT2D eigenvalue weighted by Crippen LogP contribution is -2.28. The van der Waals surface area contributed by atoms with Gasteiger partial charge in [-0.25, -0.2) is 4.98 Å². The molecule has 7 heteroatoms. The zero-order chi connectivity index (χ0) is 22.9. The second kappa shape index (κ2) is 8.83. The molecule has 0 unspecified atom stereocenters. The molecule has 0 bridgehead atoms. The van der Waals surface area contributed by atoms with Gasteiger partial charge in [0.15, 0.2) is 0 Å². The molecule has 0 aliphatic heterocycles. The van der Waals surface area contributed by atoms with E-state index < -0.39 is 0 Å². The van der Waals surface area contributed by atoms with Gasteiger partial charge >= 0.3 is 0 Å². The van der Waals surface area contributed by atoms with Gasteiger partial charge in [-0.05, 0) is 35.2 Å². The lowest BCUT2D eigenvalue weighted by molar-refractivity contribution is -0.120. The molecule has 3 aromatic carbocycles. The number of aromatic nitrogens is 3. The summed E-state index contributed by atoms with van der Waals surface area (Å²) in [7, 11) is 0. The quantitative estimate of drug-likeness (QED) is 0.359. The predicted octanol–water partition coefficient (Wildman–Crippen LogP) is 5.15. The molecule has 34 heavy (non-hydrogen) atoms. The molecule has 1 amide bonds. The number of hydrogen-bond donors (Lipinski definition) is 1. The van der Waals surface area contributed by atoms with Crippen LogP contribution in [-0.4, -0.2) is 27.1 Å². The Labute approximate surface area is 200 Å². The van der Waals surface area contributed by atoms with Gasteiger partial charge in [0.1, 0.15) is 11.4 Å². The standard InChI is InChI=1S/C27H22N4O2S/c32-24(28-22-14-20(22)18-9-5-2-6-10-18)15-25-30-31-26(33-25)16-27-29-21-12-11-19(13-23(21)34-27)17-7-3-1-4-8-17/h1-13,20,22H,14-16H2,(H,28,32)/t20-,22+/m1/s1. The summed E-state index contributed by atoms with van der Waals surface area (Å²) in [6.45, 7) is 0. The summed E-state index contributed by atoms with van der Waals surface area (Å²) in [5.74, 6) is 1.10. The van der Waals surface area contributed by atoms with Gasteiger partial charge < -0.3 is 9.73 Å². The first-order valence-electron chi connectivity index (χ1n) is 11.3. The maximum Gasteiger partial charge on any atom is 0.229 e.